The standard InChI is InChI=1S/C5H6N2OS2/c1-2-3-4(8)7(6)5(9)10-3/h2H,6H2,1H3. The summed E-state index contributed by atoms with van der Waals surface area (Å²) in [7, 11) is 0. The predicted octanol–water partition coefficient (Wildman–Crippen LogP) is 0.624. The number of carbonyl (C=O) groups excluding carboxylic acids is 1. The van der Waals surface area contributed by atoms with Crippen molar-refractivity contribution in [3.05, 3.63) is 11.0 Å². The predicted molar refractivity (Wildman–Crippen MR) is 45.0 cm³/mol. The van der Waals surface area contributed by atoms with Crippen LogP contribution in [0.4, 0.5) is 0 Å². The van der Waals surface area contributed by atoms with Crippen LogP contribution >= 0.6 is 24.0 Å². The molecule has 0 radical (unpaired) electrons. The Kier molecular flexibility index (Phi) is 2.08. The second-order valence-corrected chi connectivity index (χ2v) is 3.37. The van der Waals surface area contributed by atoms with Crippen molar-refractivity contribution in [2.75, 3.05) is 0 Å². The number of hydrogen-bond donors (Lipinski definition) is 1. The molecule has 0 aliphatic carbocycles. The number of thiocarbonyl (C=S) groups is 1. The maximum atomic E-state index is 11.0. The molecule has 5 heteroatoms. The molecule has 1 heterocycles. The first-order chi connectivity index (χ1) is 4.66. The van der Waals surface area contributed by atoms with Gasteiger partial charge < -0.3 is 0 Å². The molecule has 0 aromatic rings. The van der Waals surface area contributed by atoms with Gasteiger partial charge in [0.05, 0.1) is 4.91 Å². The van der Waals surface area contributed by atoms with Crippen LogP contribution in [-0.4, -0.2) is 15.2 Å². The van der Waals surface area contributed by atoms with Gasteiger partial charge in [-0.3, -0.25) is 4.79 Å². The summed E-state index contributed by atoms with van der Waals surface area (Å²) in [5.41, 5.74) is 0. The zero-order chi connectivity index (χ0) is 7.72. The summed E-state index contributed by atoms with van der Waals surface area (Å²) in [5.74, 6) is 5.06. The summed E-state index contributed by atoms with van der Waals surface area (Å²) in [4.78, 5) is 11.6. The van der Waals surface area contributed by atoms with Crippen molar-refractivity contribution in [2.24, 2.45) is 5.84 Å². The van der Waals surface area contributed by atoms with Crippen molar-refractivity contribution in [2.45, 2.75) is 6.92 Å². The monoisotopic (exact) mass is 174 g/mol. The lowest BCUT2D eigenvalue weighted by Gasteiger charge is -2.02. The van der Waals surface area contributed by atoms with Crippen molar-refractivity contribution in [3.8, 4) is 0 Å². The molecule has 10 heavy (non-hydrogen) atoms. The van der Waals surface area contributed by atoms with Crippen LogP contribution in [0.3, 0.4) is 0 Å². The Morgan fingerprint density at radius 3 is 2.60 bits per heavy atom. The third-order valence-electron chi connectivity index (χ3n) is 1.09. The molecule has 0 atom stereocenters. The molecule has 1 amide bonds. The third kappa shape index (κ3) is 1.07. The molecule has 1 aliphatic rings. The van der Waals surface area contributed by atoms with Gasteiger partial charge in [0.25, 0.3) is 5.91 Å². The number of nitrogens with zero attached hydrogens (tertiary/aromatic N) is 1. The number of rotatable bonds is 0. The third-order valence-corrected chi connectivity index (χ3v) is 2.53. The number of hydrazine groups is 1. The quantitative estimate of drug-likeness (QED) is 0.253. The molecule has 1 saturated heterocycles. The van der Waals surface area contributed by atoms with Crippen molar-refractivity contribution < 1.29 is 4.79 Å². The molecule has 1 rings (SSSR count). The van der Waals surface area contributed by atoms with E-state index < -0.39 is 0 Å². The molecular formula is C5H6N2OS2. The summed E-state index contributed by atoms with van der Waals surface area (Å²) < 4.78 is 0.415. The zero-order valence-corrected chi connectivity index (χ0v) is 6.96. The average molecular weight is 174 g/mol. The van der Waals surface area contributed by atoms with E-state index in [1.807, 2.05) is 0 Å². The normalized spacial score (nSPS) is 23.0. The van der Waals surface area contributed by atoms with Crippen LogP contribution in [-0.2, 0) is 4.79 Å². The Labute approximate surface area is 68.2 Å². The second kappa shape index (κ2) is 2.69. The van der Waals surface area contributed by atoms with Gasteiger partial charge in [0, 0.05) is 0 Å². The Morgan fingerprint density at radius 2 is 2.40 bits per heavy atom. The van der Waals surface area contributed by atoms with Gasteiger partial charge in [-0.05, 0) is 6.92 Å². The summed E-state index contributed by atoms with van der Waals surface area (Å²) in [5, 5.41) is 0.981. The largest absolute Gasteiger partial charge is 0.280 e. The SMILES string of the molecule is CC=C1SC(=S)N(N)C1=O. The van der Waals surface area contributed by atoms with Crippen LogP contribution in [0.2, 0.25) is 0 Å². The van der Waals surface area contributed by atoms with E-state index in [1.165, 1.54) is 11.8 Å². The first-order valence-electron chi connectivity index (χ1n) is 2.64. The first-order valence-corrected chi connectivity index (χ1v) is 3.86. The van der Waals surface area contributed by atoms with Gasteiger partial charge >= 0.3 is 0 Å². The fraction of sp³-hybridized carbons (Fsp3) is 0.200. The van der Waals surface area contributed by atoms with Gasteiger partial charge in [0.2, 0.25) is 0 Å². The van der Waals surface area contributed by atoms with E-state index in [9.17, 15) is 4.79 Å². The average Bonchev–Trinajstić information content (AvgIpc) is 2.17. The van der Waals surface area contributed by atoms with Gasteiger partial charge in [-0.2, -0.15) is 0 Å². The molecule has 0 spiro atoms. The Bertz CT molecular complexity index is 224. The smallest absolute Gasteiger partial charge is 0.267 e. The summed E-state index contributed by atoms with van der Waals surface area (Å²) in [6.07, 6.45) is 1.70. The Hall–Kier alpha value is -0.390. The minimum absolute atomic E-state index is 0.211. The van der Waals surface area contributed by atoms with E-state index in [-0.39, 0.29) is 5.91 Å². The second-order valence-electron chi connectivity index (χ2n) is 1.70. The fourth-order valence-electron chi connectivity index (χ4n) is 0.571. The number of nitrogens with two attached hydrogens (primary N) is 1. The molecule has 0 bridgehead atoms. The molecule has 3 nitrogen and oxygen atoms in total. The molecule has 0 unspecified atom stereocenters. The number of amides is 1. The summed E-state index contributed by atoms with van der Waals surface area (Å²) in [6, 6.07) is 0. The lowest BCUT2D eigenvalue weighted by atomic mass is 10.5. The molecule has 1 aliphatic heterocycles. The lowest BCUT2D eigenvalue weighted by Crippen LogP contribution is -2.34. The van der Waals surface area contributed by atoms with E-state index in [2.05, 4.69) is 0 Å². The van der Waals surface area contributed by atoms with Gasteiger partial charge in [-0.1, -0.05) is 30.1 Å². The molecule has 0 aromatic carbocycles. The highest BCUT2D eigenvalue weighted by Crippen LogP contribution is 2.27. The van der Waals surface area contributed by atoms with Crippen LogP contribution < -0.4 is 5.84 Å². The van der Waals surface area contributed by atoms with Crippen molar-refractivity contribution in [1.29, 1.82) is 0 Å². The topological polar surface area (TPSA) is 46.3 Å². The summed E-state index contributed by atoms with van der Waals surface area (Å²) in [6.45, 7) is 1.78. The Balaban J connectivity index is 2.92. The van der Waals surface area contributed by atoms with Crippen LogP contribution in [0.25, 0.3) is 0 Å². The van der Waals surface area contributed by atoms with Gasteiger partial charge in [-0.25, -0.2) is 10.9 Å². The maximum absolute atomic E-state index is 11.0. The summed E-state index contributed by atoms with van der Waals surface area (Å²) >= 11 is 5.99. The van der Waals surface area contributed by atoms with Crippen LogP contribution in [0.15, 0.2) is 11.0 Å². The molecule has 1 fully saturated rings. The van der Waals surface area contributed by atoms with E-state index >= 15 is 0 Å². The Morgan fingerprint density at radius 1 is 1.80 bits per heavy atom. The maximum Gasteiger partial charge on any atom is 0.280 e. The fourth-order valence-corrected chi connectivity index (χ4v) is 1.60. The lowest BCUT2D eigenvalue weighted by molar-refractivity contribution is -0.122. The number of carbonyl (C=O) groups is 1. The number of hydrogen-bond acceptors (Lipinski definition) is 4. The molecule has 0 aromatic heterocycles. The van der Waals surface area contributed by atoms with E-state index in [0.717, 1.165) is 5.01 Å². The van der Waals surface area contributed by atoms with Crippen molar-refractivity contribution in [1.82, 2.24) is 5.01 Å². The van der Waals surface area contributed by atoms with Crippen molar-refractivity contribution >= 4 is 34.2 Å². The van der Waals surface area contributed by atoms with Gasteiger partial charge in [0.15, 0.2) is 4.32 Å². The van der Waals surface area contributed by atoms with Crippen LogP contribution in [0.1, 0.15) is 6.92 Å². The molecule has 54 valence electrons. The highest BCUT2D eigenvalue weighted by molar-refractivity contribution is 8.26. The number of allylic oxidation sites excluding steroid dienone is 1. The molecule has 0 saturated carbocycles. The highest BCUT2D eigenvalue weighted by atomic mass is 32.2. The highest BCUT2D eigenvalue weighted by Gasteiger charge is 2.28. The van der Waals surface area contributed by atoms with E-state index in [0.29, 0.717) is 9.23 Å². The van der Waals surface area contributed by atoms with E-state index in [4.69, 9.17) is 18.1 Å². The zero-order valence-electron chi connectivity index (χ0n) is 5.33. The first kappa shape index (κ1) is 7.71. The minimum atomic E-state index is -0.211. The number of thioether (sulfide) groups is 1. The minimum Gasteiger partial charge on any atom is -0.267 e. The van der Waals surface area contributed by atoms with E-state index in [1.54, 1.807) is 13.0 Å². The molecular weight excluding hydrogens is 168 g/mol. The van der Waals surface area contributed by atoms with Crippen LogP contribution in [0.5, 0.6) is 0 Å². The van der Waals surface area contributed by atoms with Gasteiger partial charge in [-0.15, -0.1) is 0 Å². The van der Waals surface area contributed by atoms with Crippen molar-refractivity contribution in [3.63, 3.8) is 0 Å². The van der Waals surface area contributed by atoms with Gasteiger partial charge in [0.1, 0.15) is 0 Å². The molecule has 2 N–H and O–H groups in total. The van der Waals surface area contributed by atoms with Crippen LogP contribution in [0, 0.1) is 0 Å².